The zero-order valence-corrected chi connectivity index (χ0v) is 19.2. The summed E-state index contributed by atoms with van der Waals surface area (Å²) in [7, 11) is 1.81. The molecule has 0 unspecified atom stereocenters. The summed E-state index contributed by atoms with van der Waals surface area (Å²) in [5.41, 5.74) is 1.63. The Hall–Kier alpha value is -0.670. The fourth-order valence-electron chi connectivity index (χ4n) is 3.11. The molecule has 25 heavy (non-hydrogen) atoms. The lowest BCUT2D eigenvalue weighted by molar-refractivity contribution is 0.243. The Morgan fingerprint density at radius 2 is 2.16 bits per heavy atom. The van der Waals surface area contributed by atoms with Gasteiger partial charge in [0.2, 0.25) is 0 Å². The maximum Gasteiger partial charge on any atom is 0.191 e. The standard InChI is InChI=1S/C18H23BrN4S.HI/c1-13-10-21-16(24-13)11-22-17(20-2)23-12-18(7-4-8-18)14-5-3-6-15(19)9-14;/h3,5-6,9-10H,4,7-8,11-12H2,1-2H3,(H2,20,22,23);1H. The van der Waals surface area contributed by atoms with Gasteiger partial charge in [-0.05, 0) is 37.5 Å². The van der Waals surface area contributed by atoms with Crippen molar-refractivity contribution < 1.29 is 0 Å². The number of hydrogen-bond donors (Lipinski definition) is 2. The van der Waals surface area contributed by atoms with E-state index in [2.05, 4.69) is 67.7 Å². The van der Waals surface area contributed by atoms with E-state index >= 15 is 0 Å². The smallest absolute Gasteiger partial charge is 0.191 e. The third kappa shape index (κ3) is 5.17. The van der Waals surface area contributed by atoms with Gasteiger partial charge in [-0.3, -0.25) is 4.99 Å². The molecular formula is C18H24BrIN4S. The van der Waals surface area contributed by atoms with Gasteiger partial charge in [0.1, 0.15) is 5.01 Å². The van der Waals surface area contributed by atoms with Gasteiger partial charge in [0.25, 0.3) is 0 Å². The van der Waals surface area contributed by atoms with Crippen LogP contribution < -0.4 is 10.6 Å². The van der Waals surface area contributed by atoms with Crippen molar-refractivity contribution in [2.75, 3.05) is 13.6 Å². The summed E-state index contributed by atoms with van der Waals surface area (Å²) in [5.74, 6) is 0.837. The van der Waals surface area contributed by atoms with Gasteiger partial charge < -0.3 is 10.6 Å². The van der Waals surface area contributed by atoms with Crippen LogP contribution in [-0.2, 0) is 12.0 Å². The first-order chi connectivity index (χ1) is 11.6. The lowest BCUT2D eigenvalue weighted by atomic mass is 9.64. The normalized spacial score (nSPS) is 15.9. The quantitative estimate of drug-likeness (QED) is 0.334. The zero-order chi connectivity index (χ0) is 17.0. The molecule has 1 aliphatic rings. The molecule has 3 rings (SSSR count). The number of hydrogen-bond acceptors (Lipinski definition) is 3. The van der Waals surface area contributed by atoms with Crippen LogP contribution in [0.1, 0.15) is 34.7 Å². The molecule has 0 aliphatic heterocycles. The number of benzene rings is 1. The van der Waals surface area contributed by atoms with Crippen LogP contribution >= 0.6 is 51.2 Å². The molecule has 1 heterocycles. The minimum Gasteiger partial charge on any atom is -0.356 e. The molecule has 136 valence electrons. The van der Waals surface area contributed by atoms with Gasteiger partial charge in [-0.2, -0.15) is 0 Å². The first-order valence-corrected chi connectivity index (χ1v) is 9.84. The maximum atomic E-state index is 4.38. The van der Waals surface area contributed by atoms with Crippen LogP contribution in [-0.4, -0.2) is 24.5 Å². The average Bonchev–Trinajstić information content (AvgIpc) is 2.95. The Morgan fingerprint density at radius 1 is 1.36 bits per heavy atom. The van der Waals surface area contributed by atoms with Crippen molar-refractivity contribution in [2.45, 2.75) is 38.1 Å². The fraction of sp³-hybridized carbons (Fsp3) is 0.444. The van der Waals surface area contributed by atoms with Gasteiger partial charge in [0, 0.05) is 34.6 Å². The highest BCUT2D eigenvalue weighted by Gasteiger charge is 2.38. The third-order valence-electron chi connectivity index (χ3n) is 4.64. The molecule has 7 heteroatoms. The van der Waals surface area contributed by atoms with E-state index in [4.69, 9.17) is 0 Å². The number of nitrogens with zero attached hydrogens (tertiary/aromatic N) is 2. The molecule has 4 nitrogen and oxygen atoms in total. The number of nitrogens with one attached hydrogen (secondary N) is 2. The van der Waals surface area contributed by atoms with E-state index in [1.54, 1.807) is 11.3 Å². The van der Waals surface area contributed by atoms with E-state index in [0.29, 0.717) is 6.54 Å². The minimum absolute atomic E-state index is 0. The molecule has 0 radical (unpaired) electrons. The number of guanidine groups is 1. The predicted molar refractivity (Wildman–Crippen MR) is 120 cm³/mol. The monoisotopic (exact) mass is 534 g/mol. The van der Waals surface area contributed by atoms with Crippen molar-refractivity contribution in [1.82, 2.24) is 15.6 Å². The SMILES string of the molecule is CN=C(NCc1ncc(C)s1)NCC1(c2cccc(Br)c2)CCC1.I. The van der Waals surface area contributed by atoms with E-state index in [1.807, 2.05) is 13.2 Å². The predicted octanol–water partition coefficient (Wildman–Crippen LogP) is 4.62. The van der Waals surface area contributed by atoms with Gasteiger partial charge in [0.15, 0.2) is 5.96 Å². The molecule has 0 bridgehead atoms. The van der Waals surface area contributed by atoms with Gasteiger partial charge in [-0.1, -0.05) is 34.5 Å². The lowest BCUT2D eigenvalue weighted by Crippen LogP contribution is -2.48. The van der Waals surface area contributed by atoms with Crippen molar-refractivity contribution in [3.8, 4) is 0 Å². The lowest BCUT2D eigenvalue weighted by Gasteiger charge is -2.43. The second-order valence-electron chi connectivity index (χ2n) is 6.29. The van der Waals surface area contributed by atoms with Crippen molar-refractivity contribution >= 4 is 57.2 Å². The van der Waals surface area contributed by atoms with Crippen LogP contribution in [0.5, 0.6) is 0 Å². The number of aromatic nitrogens is 1. The van der Waals surface area contributed by atoms with E-state index < -0.39 is 0 Å². The highest BCUT2D eigenvalue weighted by atomic mass is 127. The Labute approximate surface area is 179 Å². The van der Waals surface area contributed by atoms with Crippen LogP contribution in [0.4, 0.5) is 0 Å². The summed E-state index contributed by atoms with van der Waals surface area (Å²) in [5, 5.41) is 7.95. The van der Waals surface area contributed by atoms with Crippen LogP contribution in [0.2, 0.25) is 0 Å². The minimum atomic E-state index is 0. The van der Waals surface area contributed by atoms with E-state index in [-0.39, 0.29) is 29.4 Å². The molecule has 0 saturated heterocycles. The molecular weight excluding hydrogens is 511 g/mol. The summed E-state index contributed by atoms with van der Waals surface area (Å²) in [6.07, 6.45) is 5.64. The summed E-state index contributed by atoms with van der Waals surface area (Å²) < 4.78 is 1.15. The molecule has 1 fully saturated rings. The number of aryl methyl sites for hydroxylation is 1. The number of halogens is 2. The molecule has 1 saturated carbocycles. The largest absolute Gasteiger partial charge is 0.356 e. The van der Waals surface area contributed by atoms with Crippen LogP contribution in [0.25, 0.3) is 0 Å². The van der Waals surface area contributed by atoms with Gasteiger partial charge >= 0.3 is 0 Å². The average molecular weight is 535 g/mol. The van der Waals surface area contributed by atoms with Crippen molar-refractivity contribution in [2.24, 2.45) is 4.99 Å². The Kier molecular flexibility index (Phi) is 7.69. The van der Waals surface area contributed by atoms with E-state index in [1.165, 1.54) is 29.7 Å². The number of aliphatic imine (C=N–C) groups is 1. The van der Waals surface area contributed by atoms with Gasteiger partial charge in [0.05, 0.1) is 6.54 Å². The second-order valence-corrected chi connectivity index (χ2v) is 8.52. The Morgan fingerprint density at radius 3 is 2.72 bits per heavy atom. The number of rotatable bonds is 5. The Balaban J connectivity index is 0.00000225. The molecule has 1 aromatic heterocycles. The summed E-state index contributed by atoms with van der Waals surface area (Å²) in [4.78, 5) is 9.96. The van der Waals surface area contributed by atoms with Crippen LogP contribution in [0.15, 0.2) is 39.9 Å². The highest BCUT2D eigenvalue weighted by Crippen LogP contribution is 2.43. The first kappa shape index (κ1) is 20.6. The van der Waals surface area contributed by atoms with E-state index in [9.17, 15) is 0 Å². The van der Waals surface area contributed by atoms with Crippen molar-refractivity contribution in [1.29, 1.82) is 0 Å². The molecule has 1 aliphatic carbocycles. The first-order valence-electron chi connectivity index (χ1n) is 8.23. The molecule has 0 spiro atoms. The maximum absolute atomic E-state index is 4.38. The molecule has 2 aromatic rings. The van der Waals surface area contributed by atoms with Crippen molar-refractivity contribution in [3.05, 3.63) is 50.4 Å². The van der Waals surface area contributed by atoms with Crippen LogP contribution in [0.3, 0.4) is 0 Å². The summed E-state index contributed by atoms with van der Waals surface area (Å²) in [6.45, 7) is 3.69. The van der Waals surface area contributed by atoms with Crippen LogP contribution in [0, 0.1) is 6.92 Å². The highest BCUT2D eigenvalue weighted by molar-refractivity contribution is 14.0. The molecule has 2 N–H and O–H groups in total. The fourth-order valence-corrected chi connectivity index (χ4v) is 4.23. The van der Waals surface area contributed by atoms with Crippen molar-refractivity contribution in [3.63, 3.8) is 0 Å². The third-order valence-corrected chi connectivity index (χ3v) is 6.05. The Bertz CT molecular complexity index is 727. The second kappa shape index (κ2) is 9.32. The molecule has 0 amide bonds. The van der Waals surface area contributed by atoms with E-state index in [0.717, 1.165) is 22.0 Å². The van der Waals surface area contributed by atoms with Gasteiger partial charge in [-0.25, -0.2) is 4.98 Å². The van der Waals surface area contributed by atoms with Gasteiger partial charge in [-0.15, -0.1) is 35.3 Å². The summed E-state index contributed by atoms with van der Waals surface area (Å²) >= 11 is 5.31. The number of thiazole rings is 1. The summed E-state index contributed by atoms with van der Waals surface area (Å²) in [6, 6.07) is 8.69. The zero-order valence-electron chi connectivity index (χ0n) is 14.5. The molecule has 0 atom stereocenters. The topological polar surface area (TPSA) is 49.3 Å². The molecule has 1 aromatic carbocycles.